The number of hydrogen-bond acceptors (Lipinski definition) is 5. The second-order valence-electron chi connectivity index (χ2n) is 5.42. The van der Waals surface area contributed by atoms with Gasteiger partial charge in [0.2, 0.25) is 0 Å². The van der Waals surface area contributed by atoms with E-state index in [1.165, 1.54) is 0 Å². The van der Waals surface area contributed by atoms with Crippen molar-refractivity contribution in [2.45, 2.75) is 70.9 Å². The Balaban J connectivity index is 2.68. The molecule has 0 radical (unpaired) electrons. The van der Waals surface area contributed by atoms with E-state index >= 15 is 0 Å². The van der Waals surface area contributed by atoms with Crippen LogP contribution in [-0.4, -0.2) is 47.0 Å². The minimum atomic E-state index is -1.00. The largest absolute Gasteiger partial charge is 0.388 e. The Bertz CT molecular complexity index is 213. The van der Waals surface area contributed by atoms with Gasteiger partial charge in [0.15, 0.2) is 6.29 Å². The lowest BCUT2D eigenvalue weighted by Gasteiger charge is -2.42. The number of aliphatic hydroxyl groups is 2. The molecule has 1 fully saturated rings. The number of nitrogens with two attached hydrogens (primary N) is 1. The lowest BCUT2D eigenvalue weighted by atomic mass is 9.92. The molecular weight excluding hydrogens is 222 g/mol. The van der Waals surface area contributed by atoms with E-state index in [0.717, 1.165) is 0 Å². The van der Waals surface area contributed by atoms with Crippen LogP contribution in [0.4, 0.5) is 0 Å². The van der Waals surface area contributed by atoms with Gasteiger partial charge in [-0.05, 0) is 26.2 Å². The SMILES string of the molecule is CC(C)CC1OC(OC(C)C)C(N)C(O)C1O. The number of hydrogen-bond donors (Lipinski definition) is 3. The molecule has 0 aliphatic carbocycles. The first-order chi connectivity index (χ1) is 7.82. The Kier molecular flexibility index (Phi) is 5.34. The van der Waals surface area contributed by atoms with E-state index in [2.05, 4.69) is 0 Å². The van der Waals surface area contributed by atoms with Crippen molar-refractivity contribution < 1.29 is 19.7 Å². The maximum atomic E-state index is 9.90. The fourth-order valence-electron chi connectivity index (χ4n) is 2.00. The molecule has 1 saturated heterocycles. The molecule has 5 unspecified atom stereocenters. The Morgan fingerprint density at radius 2 is 1.76 bits per heavy atom. The maximum Gasteiger partial charge on any atom is 0.175 e. The van der Waals surface area contributed by atoms with E-state index in [9.17, 15) is 10.2 Å². The molecule has 0 saturated carbocycles. The predicted molar refractivity (Wildman–Crippen MR) is 64.3 cm³/mol. The molecule has 1 heterocycles. The lowest BCUT2D eigenvalue weighted by molar-refractivity contribution is -0.271. The highest BCUT2D eigenvalue weighted by molar-refractivity contribution is 4.92. The van der Waals surface area contributed by atoms with Crippen molar-refractivity contribution in [1.82, 2.24) is 0 Å². The number of ether oxygens (including phenoxy) is 2. The molecule has 5 atom stereocenters. The molecule has 4 N–H and O–H groups in total. The summed E-state index contributed by atoms with van der Waals surface area (Å²) in [5.74, 6) is 0.371. The van der Waals surface area contributed by atoms with Crippen molar-refractivity contribution in [3.05, 3.63) is 0 Å². The van der Waals surface area contributed by atoms with E-state index in [1.54, 1.807) is 0 Å². The van der Waals surface area contributed by atoms with Gasteiger partial charge in [0.05, 0.1) is 18.2 Å². The predicted octanol–water partition coefficient (Wildman–Crippen LogP) is 0.231. The zero-order valence-electron chi connectivity index (χ0n) is 11.0. The van der Waals surface area contributed by atoms with Gasteiger partial charge in [0.25, 0.3) is 0 Å². The van der Waals surface area contributed by atoms with Gasteiger partial charge in [-0.3, -0.25) is 0 Å². The van der Waals surface area contributed by atoms with Gasteiger partial charge in [-0.15, -0.1) is 0 Å². The van der Waals surface area contributed by atoms with E-state index in [-0.39, 0.29) is 6.10 Å². The highest BCUT2D eigenvalue weighted by atomic mass is 16.7. The van der Waals surface area contributed by atoms with Gasteiger partial charge in [-0.25, -0.2) is 0 Å². The second kappa shape index (κ2) is 6.11. The molecule has 102 valence electrons. The smallest absolute Gasteiger partial charge is 0.175 e. The van der Waals surface area contributed by atoms with Crippen LogP contribution in [0, 0.1) is 5.92 Å². The fourth-order valence-corrected chi connectivity index (χ4v) is 2.00. The van der Waals surface area contributed by atoms with Crippen LogP contribution in [0.15, 0.2) is 0 Å². The quantitative estimate of drug-likeness (QED) is 0.662. The van der Waals surface area contributed by atoms with Crippen LogP contribution in [0.1, 0.15) is 34.1 Å². The zero-order chi connectivity index (χ0) is 13.2. The van der Waals surface area contributed by atoms with E-state index < -0.39 is 30.6 Å². The van der Waals surface area contributed by atoms with E-state index in [1.807, 2.05) is 27.7 Å². The summed E-state index contributed by atoms with van der Waals surface area (Å²) in [6.45, 7) is 7.83. The van der Waals surface area contributed by atoms with E-state index in [0.29, 0.717) is 12.3 Å². The average Bonchev–Trinajstić information content (AvgIpc) is 2.20. The van der Waals surface area contributed by atoms with Gasteiger partial charge < -0.3 is 25.4 Å². The van der Waals surface area contributed by atoms with Crippen molar-refractivity contribution >= 4 is 0 Å². The van der Waals surface area contributed by atoms with Crippen LogP contribution < -0.4 is 5.73 Å². The molecule has 17 heavy (non-hydrogen) atoms. The summed E-state index contributed by atoms with van der Waals surface area (Å²) in [6, 6.07) is -0.712. The summed E-state index contributed by atoms with van der Waals surface area (Å²) < 4.78 is 11.2. The molecule has 5 heteroatoms. The minimum Gasteiger partial charge on any atom is -0.388 e. The molecule has 1 rings (SSSR count). The van der Waals surface area contributed by atoms with Crippen LogP contribution in [0.2, 0.25) is 0 Å². The third kappa shape index (κ3) is 3.89. The Labute approximate surface area is 103 Å². The highest BCUT2D eigenvalue weighted by Crippen LogP contribution is 2.25. The minimum absolute atomic E-state index is 0.0341. The van der Waals surface area contributed by atoms with Crippen molar-refractivity contribution in [2.24, 2.45) is 11.7 Å². The summed E-state index contributed by atoms with van der Waals surface area (Å²) in [5, 5.41) is 19.8. The zero-order valence-corrected chi connectivity index (χ0v) is 11.0. The van der Waals surface area contributed by atoms with Gasteiger partial charge >= 0.3 is 0 Å². The third-order valence-corrected chi connectivity index (χ3v) is 2.86. The normalized spacial score (nSPS) is 39.0. The molecule has 1 aliphatic rings. The summed E-state index contributed by atoms with van der Waals surface area (Å²) >= 11 is 0. The van der Waals surface area contributed by atoms with Crippen LogP contribution in [0.3, 0.4) is 0 Å². The maximum absolute atomic E-state index is 9.90. The third-order valence-electron chi connectivity index (χ3n) is 2.86. The Morgan fingerprint density at radius 3 is 2.24 bits per heavy atom. The molecule has 0 spiro atoms. The molecule has 0 bridgehead atoms. The first-order valence-electron chi connectivity index (χ1n) is 6.25. The first kappa shape index (κ1) is 14.9. The van der Waals surface area contributed by atoms with Gasteiger partial charge in [0, 0.05) is 0 Å². The van der Waals surface area contributed by atoms with Crippen LogP contribution >= 0.6 is 0 Å². The van der Waals surface area contributed by atoms with Gasteiger partial charge in [0.1, 0.15) is 12.2 Å². The molecule has 0 aromatic rings. The lowest BCUT2D eigenvalue weighted by Crippen LogP contribution is -2.62. The molecule has 0 amide bonds. The summed E-state index contributed by atoms with van der Waals surface area (Å²) in [6.07, 6.45) is -2.39. The molecule has 0 aromatic heterocycles. The van der Waals surface area contributed by atoms with Crippen molar-refractivity contribution in [2.75, 3.05) is 0 Å². The first-order valence-corrected chi connectivity index (χ1v) is 6.25. The van der Waals surface area contributed by atoms with Crippen molar-refractivity contribution in [3.8, 4) is 0 Å². The van der Waals surface area contributed by atoms with Crippen LogP contribution in [0.5, 0.6) is 0 Å². The molecule has 5 nitrogen and oxygen atoms in total. The molecular formula is C12H25NO4. The van der Waals surface area contributed by atoms with Gasteiger partial charge in [-0.2, -0.15) is 0 Å². The summed E-state index contributed by atoms with van der Waals surface area (Å²) in [7, 11) is 0. The average molecular weight is 247 g/mol. The summed E-state index contributed by atoms with van der Waals surface area (Å²) in [5.41, 5.74) is 5.79. The fraction of sp³-hybridized carbons (Fsp3) is 1.00. The molecule has 1 aliphatic heterocycles. The number of rotatable bonds is 4. The standard InChI is InChI=1S/C12H25NO4/c1-6(2)5-8-10(14)11(15)9(13)12(17-8)16-7(3)4/h6-12,14-15H,5,13H2,1-4H3. The number of aliphatic hydroxyl groups excluding tert-OH is 2. The highest BCUT2D eigenvalue weighted by Gasteiger charge is 2.43. The van der Waals surface area contributed by atoms with Crippen LogP contribution in [0.25, 0.3) is 0 Å². The topological polar surface area (TPSA) is 84.9 Å². The second-order valence-corrected chi connectivity index (χ2v) is 5.42. The Morgan fingerprint density at radius 1 is 1.18 bits per heavy atom. The van der Waals surface area contributed by atoms with Crippen LogP contribution in [-0.2, 0) is 9.47 Å². The van der Waals surface area contributed by atoms with Gasteiger partial charge in [-0.1, -0.05) is 13.8 Å². The Hall–Kier alpha value is -0.200. The van der Waals surface area contributed by atoms with Crippen molar-refractivity contribution in [1.29, 1.82) is 0 Å². The van der Waals surface area contributed by atoms with E-state index in [4.69, 9.17) is 15.2 Å². The summed E-state index contributed by atoms with van der Waals surface area (Å²) in [4.78, 5) is 0. The van der Waals surface area contributed by atoms with Crippen molar-refractivity contribution in [3.63, 3.8) is 0 Å². The monoisotopic (exact) mass is 247 g/mol. The molecule has 0 aromatic carbocycles.